The van der Waals surface area contributed by atoms with Crippen molar-refractivity contribution in [2.75, 3.05) is 12.4 Å². The molecule has 0 atom stereocenters. The number of hydrogen-bond donors (Lipinski definition) is 0. The van der Waals surface area contributed by atoms with Gasteiger partial charge in [0.15, 0.2) is 16.8 Å². The van der Waals surface area contributed by atoms with Gasteiger partial charge in [0.2, 0.25) is 0 Å². The Labute approximate surface area is 189 Å². The molecule has 0 spiro atoms. The fourth-order valence-corrected chi connectivity index (χ4v) is 3.96. The molecule has 4 rings (SSSR count). The molecule has 0 N–H and O–H groups in total. The maximum atomic E-state index is 12.6. The fourth-order valence-electron chi connectivity index (χ4n) is 2.99. The predicted molar refractivity (Wildman–Crippen MR) is 122 cm³/mol. The highest BCUT2D eigenvalue weighted by atomic mass is 35.5. The van der Waals surface area contributed by atoms with Gasteiger partial charge in [-0.2, -0.15) is 0 Å². The first-order chi connectivity index (χ1) is 15.2. The summed E-state index contributed by atoms with van der Waals surface area (Å²) in [6.45, 7) is 2.54. The first kappa shape index (κ1) is 21.1. The number of pyridine rings is 1. The Kier molecular flexibility index (Phi) is 6.64. The summed E-state index contributed by atoms with van der Waals surface area (Å²) in [6.07, 6.45) is 3.45. The number of rotatable bonds is 8. The zero-order valence-corrected chi connectivity index (χ0v) is 18.3. The molecular weight excluding hydrogens is 432 g/mol. The Morgan fingerprint density at radius 3 is 2.52 bits per heavy atom. The van der Waals surface area contributed by atoms with Crippen LogP contribution in [0.15, 0.2) is 78.2 Å². The van der Waals surface area contributed by atoms with E-state index in [1.165, 1.54) is 11.8 Å². The number of nitrogens with zero attached hydrogens (tertiary/aromatic N) is 4. The highest BCUT2D eigenvalue weighted by molar-refractivity contribution is 7.99. The molecule has 0 aliphatic carbocycles. The van der Waals surface area contributed by atoms with Crippen LogP contribution in [0, 0.1) is 0 Å². The predicted octanol–water partition coefficient (Wildman–Crippen LogP) is 5.36. The molecule has 0 saturated heterocycles. The summed E-state index contributed by atoms with van der Waals surface area (Å²) in [6, 6.07) is 18.3. The summed E-state index contributed by atoms with van der Waals surface area (Å²) in [4.78, 5) is 16.8. The third kappa shape index (κ3) is 4.95. The van der Waals surface area contributed by atoms with Crippen LogP contribution < -0.4 is 4.74 Å². The van der Waals surface area contributed by atoms with E-state index in [-0.39, 0.29) is 11.5 Å². The van der Waals surface area contributed by atoms with Crippen LogP contribution in [0.2, 0.25) is 5.02 Å². The topological polar surface area (TPSA) is 69.9 Å². The van der Waals surface area contributed by atoms with Crippen molar-refractivity contribution in [1.82, 2.24) is 19.7 Å². The lowest BCUT2D eigenvalue weighted by Gasteiger charge is -2.11. The molecule has 0 bridgehead atoms. The molecule has 0 aliphatic heterocycles. The third-order valence-corrected chi connectivity index (χ3v) is 5.64. The minimum Gasteiger partial charge on any atom is -0.494 e. The van der Waals surface area contributed by atoms with Crippen molar-refractivity contribution in [3.05, 3.63) is 83.6 Å². The number of halogens is 1. The molecule has 0 saturated carbocycles. The lowest BCUT2D eigenvalue weighted by Crippen LogP contribution is -2.05. The first-order valence-corrected chi connectivity index (χ1v) is 11.0. The maximum absolute atomic E-state index is 12.6. The van der Waals surface area contributed by atoms with E-state index >= 15 is 0 Å². The summed E-state index contributed by atoms with van der Waals surface area (Å²) in [5.41, 5.74) is 2.31. The maximum Gasteiger partial charge on any atom is 0.196 e. The van der Waals surface area contributed by atoms with Gasteiger partial charge >= 0.3 is 0 Å². The molecule has 2 aromatic carbocycles. The van der Waals surface area contributed by atoms with Crippen LogP contribution in [0.25, 0.3) is 17.1 Å². The van der Waals surface area contributed by atoms with Crippen molar-refractivity contribution in [3.8, 4) is 22.8 Å². The average molecular weight is 451 g/mol. The molecule has 31 heavy (non-hydrogen) atoms. The molecule has 8 heteroatoms. The molecule has 0 radical (unpaired) electrons. The Morgan fingerprint density at radius 1 is 1.06 bits per heavy atom. The second-order valence-corrected chi connectivity index (χ2v) is 7.91. The van der Waals surface area contributed by atoms with Gasteiger partial charge in [-0.3, -0.25) is 14.3 Å². The summed E-state index contributed by atoms with van der Waals surface area (Å²) in [7, 11) is 0. The van der Waals surface area contributed by atoms with Crippen LogP contribution in [-0.2, 0) is 0 Å². The number of benzene rings is 2. The van der Waals surface area contributed by atoms with Crippen molar-refractivity contribution in [3.63, 3.8) is 0 Å². The lowest BCUT2D eigenvalue weighted by molar-refractivity contribution is 0.102. The molecule has 0 amide bonds. The van der Waals surface area contributed by atoms with Crippen LogP contribution in [0.3, 0.4) is 0 Å². The van der Waals surface area contributed by atoms with E-state index in [1.54, 1.807) is 36.7 Å². The lowest BCUT2D eigenvalue weighted by atomic mass is 10.1. The largest absolute Gasteiger partial charge is 0.494 e. The monoisotopic (exact) mass is 450 g/mol. The number of hydrogen-bond acceptors (Lipinski definition) is 6. The normalized spacial score (nSPS) is 10.8. The van der Waals surface area contributed by atoms with Crippen LogP contribution in [0.5, 0.6) is 5.75 Å². The molecule has 0 unspecified atom stereocenters. The number of carbonyl (C=O) groups excluding carboxylic acids is 1. The number of ketones is 1. The first-order valence-electron chi connectivity index (χ1n) is 9.66. The summed E-state index contributed by atoms with van der Waals surface area (Å²) < 4.78 is 7.47. The minimum atomic E-state index is -0.00848. The van der Waals surface area contributed by atoms with Crippen LogP contribution in [-0.4, -0.2) is 37.9 Å². The van der Waals surface area contributed by atoms with Crippen molar-refractivity contribution in [2.45, 2.75) is 12.1 Å². The Bertz CT molecular complexity index is 1160. The van der Waals surface area contributed by atoms with E-state index in [0.717, 1.165) is 17.0 Å². The molecule has 4 aromatic rings. The van der Waals surface area contributed by atoms with Crippen LogP contribution >= 0.6 is 23.4 Å². The van der Waals surface area contributed by atoms with Gasteiger partial charge < -0.3 is 4.74 Å². The molecule has 2 aromatic heterocycles. The minimum absolute atomic E-state index is 0.00848. The van der Waals surface area contributed by atoms with E-state index in [9.17, 15) is 4.79 Å². The number of carbonyl (C=O) groups is 1. The van der Waals surface area contributed by atoms with Gasteiger partial charge in [0, 0.05) is 34.2 Å². The van der Waals surface area contributed by atoms with E-state index < -0.39 is 0 Å². The smallest absolute Gasteiger partial charge is 0.196 e. The van der Waals surface area contributed by atoms with Crippen molar-refractivity contribution >= 4 is 29.1 Å². The zero-order chi connectivity index (χ0) is 21.6. The highest BCUT2D eigenvalue weighted by Crippen LogP contribution is 2.29. The summed E-state index contributed by atoms with van der Waals surface area (Å²) in [5, 5.41) is 9.94. The van der Waals surface area contributed by atoms with Gasteiger partial charge in [-0.05, 0) is 67.6 Å². The molecule has 6 nitrogen and oxygen atoms in total. The third-order valence-electron chi connectivity index (χ3n) is 4.46. The molecule has 0 aliphatic rings. The Balaban J connectivity index is 1.65. The van der Waals surface area contributed by atoms with Crippen molar-refractivity contribution in [2.24, 2.45) is 0 Å². The Hall–Kier alpha value is -3.16. The molecule has 2 heterocycles. The van der Waals surface area contributed by atoms with Crippen molar-refractivity contribution < 1.29 is 9.53 Å². The second-order valence-electron chi connectivity index (χ2n) is 6.53. The van der Waals surface area contributed by atoms with E-state index in [0.29, 0.717) is 28.2 Å². The van der Waals surface area contributed by atoms with Gasteiger partial charge in [0.1, 0.15) is 5.75 Å². The summed E-state index contributed by atoms with van der Waals surface area (Å²) in [5.74, 6) is 1.66. The SMILES string of the molecule is CCOc1ccc(-n2c(SCC(=O)c3ccc(Cl)cc3)nnc2-c2cccnc2)cc1. The molecule has 156 valence electrons. The van der Waals surface area contributed by atoms with Crippen LogP contribution in [0.1, 0.15) is 17.3 Å². The highest BCUT2D eigenvalue weighted by Gasteiger charge is 2.18. The second kappa shape index (κ2) is 9.76. The van der Waals surface area contributed by atoms with E-state index in [4.69, 9.17) is 16.3 Å². The van der Waals surface area contributed by atoms with E-state index in [1.807, 2.05) is 47.9 Å². The van der Waals surface area contributed by atoms with Gasteiger partial charge in [-0.15, -0.1) is 10.2 Å². The van der Waals surface area contributed by atoms with Crippen LogP contribution in [0.4, 0.5) is 0 Å². The number of Topliss-reactive ketones (excluding diaryl/α,β-unsaturated/α-hetero) is 1. The van der Waals surface area contributed by atoms with Gasteiger partial charge in [0.25, 0.3) is 0 Å². The fraction of sp³-hybridized carbons (Fsp3) is 0.130. The summed E-state index contributed by atoms with van der Waals surface area (Å²) >= 11 is 7.25. The number of ether oxygens (including phenoxy) is 1. The van der Waals surface area contributed by atoms with Gasteiger partial charge in [-0.25, -0.2) is 0 Å². The van der Waals surface area contributed by atoms with E-state index in [2.05, 4.69) is 15.2 Å². The number of aromatic nitrogens is 4. The molecule has 0 fully saturated rings. The average Bonchev–Trinajstić information content (AvgIpc) is 3.23. The number of thioether (sulfide) groups is 1. The van der Waals surface area contributed by atoms with Crippen molar-refractivity contribution in [1.29, 1.82) is 0 Å². The zero-order valence-electron chi connectivity index (χ0n) is 16.7. The quantitative estimate of drug-likeness (QED) is 0.266. The van der Waals surface area contributed by atoms with Gasteiger partial charge in [0.05, 0.1) is 12.4 Å². The standard InChI is InChI=1S/C23H19ClN4O2S/c1-2-30-20-11-9-19(10-12-20)28-22(17-4-3-13-25-14-17)26-27-23(28)31-15-21(29)16-5-7-18(24)8-6-16/h3-14H,2,15H2,1H3. The Morgan fingerprint density at radius 2 is 1.84 bits per heavy atom. The van der Waals surface area contributed by atoms with Gasteiger partial charge in [-0.1, -0.05) is 23.4 Å². The molecular formula is C23H19ClN4O2S.